The molecular formula is C11H10BrN3O. The molecule has 0 aliphatic carbocycles. The summed E-state index contributed by atoms with van der Waals surface area (Å²) in [6.45, 7) is 0. The van der Waals surface area contributed by atoms with Gasteiger partial charge in [-0.15, -0.1) is 10.2 Å². The molecule has 0 aliphatic rings. The Hall–Kier alpha value is -1.62. The normalized spacial score (nSPS) is 10.1. The van der Waals surface area contributed by atoms with E-state index in [1.165, 1.54) is 7.11 Å². The summed E-state index contributed by atoms with van der Waals surface area (Å²) in [4.78, 5) is 0. The highest BCUT2D eigenvalue weighted by Crippen LogP contribution is 2.25. The Balaban J connectivity index is 2.45. The first-order valence-electron chi connectivity index (χ1n) is 4.64. The van der Waals surface area contributed by atoms with Crippen molar-refractivity contribution in [3.63, 3.8) is 0 Å². The summed E-state index contributed by atoms with van der Waals surface area (Å²) in [7, 11) is 1.51. The van der Waals surface area contributed by atoms with Crippen LogP contribution in [-0.2, 0) is 0 Å². The number of ether oxygens (including phenoxy) is 1. The van der Waals surface area contributed by atoms with Crippen LogP contribution in [0.4, 0.5) is 5.69 Å². The molecule has 0 radical (unpaired) electrons. The summed E-state index contributed by atoms with van der Waals surface area (Å²) in [6.07, 6.45) is 0. The van der Waals surface area contributed by atoms with Gasteiger partial charge in [0.2, 0.25) is 0 Å². The number of benzene rings is 1. The maximum atomic E-state index is 5.77. The van der Waals surface area contributed by atoms with Crippen LogP contribution in [-0.4, -0.2) is 17.3 Å². The van der Waals surface area contributed by atoms with Gasteiger partial charge < -0.3 is 10.5 Å². The third kappa shape index (κ3) is 2.14. The second-order valence-electron chi connectivity index (χ2n) is 3.20. The minimum Gasteiger partial charge on any atom is -0.478 e. The number of halogens is 1. The molecule has 0 bridgehead atoms. The molecule has 1 heterocycles. The number of hydrogen-bond acceptors (Lipinski definition) is 4. The van der Waals surface area contributed by atoms with E-state index < -0.39 is 0 Å². The number of nitrogen functional groups attached to an aromatic ring is 1. The third-order valence-corrected chi connectivity index (χ3v) is 2.59. The van der Waals surface area contributed by atoms with Crippen LogP contribution in [0.3, 0.4) is 0 Å². The third-order valence-electron chi connectivity index (χ3n) is 2.10. The van der Waals surface area contributed by atoms with Crippen LogP contribution < -0.4 is 10.5 Å². The quantitative estimate of drug-likeness (QED) is 0.918. The van der Waals surface area contributed by atoms with E-state index in [-0.39, 0.29) is 0 Å². The molecule has 82 valence electrons. The summed E-state index contributed by atoms with van der Waals surface area (Å²) in [5.41, 5.74) is 7.92. The zero-order valence-corrected chi connectivity index (χ0v) is 10.2. The highest BCUT2D eigenvalue weighted by atomic mass is 79.9. The van der Waals surface area contributed by atoms with Gasteiger partial charge in [-0.1, -0.05) is 28.1 Å². The lowest BCUT2D eigenvalue weighted by Crippen LogP contribution is -1.98. The van der Waals surface area contributed by atoms with Crippen LogP contribution in [0, 0.1) is 0 Å². The van der Waals surface area contributed by atoms with E-state index >= 15 is 0 Å². The maximum absolute atomic E-state index is 5.77. The number of methoxy groups -OCH3 is 1. The Labute approximate surface area is 102 Å². The van der Waals surface area contributed by atoms with Crippen molar-refractivity contribution in [1.29, 1.82) is 0 Å². The van der Waals surface area contributed by atoms with Gasteiger partial charge in [-0.05, 0) is 18.2 Å². The number of anilines is 1. The standard InChI is InChI=1S/C11H10BrN3O/c1-16-11-9(13)6-10(14-15-11)7-3-2-4-8(12)5-7/h2-6H,1H3,(H2,13,14). The molecule has 0 amide bonds. The molecule has 0 saturated carbocycles. The Bertz CT molecular complexity index is 516. The number of nitrogens with two attached hydrogens (primary N) is 1. The van der Waals surface area contributed by atoms with Crippen molar-refractivity contribution < 1.29 is 4.74 Å². The Morgan fingerprint density at radius 3 is 2.69 bits per heavy atom. The average Bonchev–Trinajstić information content (AvgIpc) is 2.29. The van der Waals surface area contributed by atoms with Crippen LogP contribution in [0.25, 0.3) is 11.3 Å². The van der Waals surface area contributed by atoms with E-state index in [0.29, 0.717) is 11.6 Å². The average molecular weight is 280 g/mol. The number of aromatic nitrogens is 2. The summed E-state index contributed by atoms with van der Waals surface area (Å²) < 4.78 is 5.94. The van der Waals surface area contributed by atoms with E-state index in [1.54, 1.807) is 6.07 Å². The lowest BCUT2D eigenvalue weighted by molar-refractivity contribution is 0.394. The molecule has 0 fully saturated rings. The second kappa shape index (κ2) is 4.49. The smallest absolute Gasteiger partial charge is 0.256 e. The van der Waals surface area contributed by atoms with Crippen molar-refractivity contribution >= 4 is 21.6 Å². The van der Waals surface area contributed by atoms with Gasteiger partial charge in [0.25, 0.3) is 5.88 Å². The largest absolute Gasteiger partial charge is 0.478 e. The highest BCUT2D eigenvalue weighted by molar-refractivity contribution is 9.10. The van der Waals surface area contributed by atoms with Gasteiger partial charge in [-0.3, -0.25) is 0 Å². The predicted octanol–water partition coefficient (Wildman–Crippen LogP) is 2.50. The van der Waals surface area contributed by atoms with Crippen LogP contribution in [0.2, 0.25) is 0 Å². The minimum atomic E-state index is 0.346. The van der Waals surface area contributed by atoms with Crippen LogP contribution in [0.1, 0.15) is 0 Å². The van der Waals surface area contributed by atoms with Crippen LogP contribution >= 0.6 is 15.9 Å². The zero-order chi connectivity index (χ0) is 11.5. The molecule has 0 atom stereocenters. The number of nitrogens with zero attached hydrogens (tertiary/aromatic N) is 2. The number of hydrogen-bond donors (Lipinski definition) is 1. The van der Waals surface area contributed by atoms with Gasteiger partial charge in [0.15, 0.2) is 0 Å². The van der Waals surface area contributed by atoms with Gasteiger partial charge in [0.05, 0.1) is 18.5 Å². The highest BCUT2D eigenvalue weighted by Gasteiger charge is 2.06. The van der Waals surface area contributed by atoms with Gasteiger partial charge in [0.1, 0.15) is 0 Å². The fraction of sp³-hybridized carbons (Fsp3) is 0.0909. The Morgan fingerprint density at radius 2 is 2.06 bits per heavy atom. The monoisotopic (exact) mass is 279 g/mol. The van der Waals surface area contributed by atoms with E-state index in [0.717, 1.165) is 15.7 Å². The van der Waals surface area contributed by atoms with E-state index in [1.807, 2.05) is 24.3 Å². The fourth-order valence-corrected chi connectivity index (χ4v) is 1.74. The van der Waals surface area contributed by atoms with Crippen molar-refractivity contribution in [3.05, 3.63) is 34.8 Å². The van der Waals surface area contributed by atoms with Crippen molar-refractivity contribution in [2.24, 2.45) is 0 Å². The molecule has 0 saturated heterocycles. The molecule has 0 aliphatic heterocycles. The summed E-state index contributed by atoms with van der Waals surface area (Å²) >= 11 is 3.40. The Morgan fingerprint density at radius 1 is 1.25 bits per heavy atom. The molecule has 2 rings (SSSR count). The van der Waals surface area contributed by atoms with Crippen LogP contribution in [0.5, 0.6) is 5.88 Å². The van der Waals surface area contributed by atoms with Crippen LogP contribution in [0.15, 0.2) is 34.8 Å². The first-order chi connectivity index (χ1) is 7.70. The van der Waals surface area contributed by atoms with Crippen molar-refractivity contribution in [3.8, 4) is 17.1 Å². The van der Waals surface area contributed by atoms with Gasteiger partial charge in [0, 0.05) is 10.0 Å². The SMILES string of the molecule is COc1nnc(-c2cccc(Br)c2)cc1N. The molecular weight excluding hydrogens is 270 g/mol. The zero-order valence-electron chi connectivity index (χ0n) is 8.64. The number of rotatable bonds is 2. The molecule has 1 aromatic heterocycles. The molecule has 5 heteroatoms. The van der Waals surface area contributed by atoms with E-state index in [9.17, 15) is 0 Å². The van der Waals surface area contributed by atoms with Gasteiger partial charge >= 0.3 is 0 Å². The van der Waals surface area contributed by atoms with Crippen molar-refractivity contribution in [2.75, 3.05) is 12.8 Å². The topological polar surface area (TPSA) is 61.0 Å². The van der Waals surface area contributed by atoms with Crippen molar-refractivity contribution in [1.82, 2.24) is 10.2 Å². The molecule has 4 nitrogen and oxygen atoms in total. The van der Waals surface area contributed by atoms with Gasteiger partial charge in [-0.2, -0.15) is 0 Å². The molecule has 16 heavy (non-hydrogen) atoms. The molecule has 2 aromatic rings. The van der Waals surface area contributed by atoms with E-state index in [2.05, 4.69) is 26.1 Å². The molecule has 0 unspecified atom stereocenters. The summed E-state index contributed by atoms with van der Waals surface area (Å²) in [5, 5.41) is 7.94. The Kier molecular flexibility index (Phi) is 3.05. The van der Waals surface area contributed by atoms with Gasteiger partial charge in [-0.25, -0.2) is 0 Å². The maximum Gasteiger partial charge on any atom is 0.256 e. The first-order valence-corrected chi connectivity index (χ1v) is 5.43. The lowest BCUT2D eigenvalue weighted by Gasteiger charge is -2.05. The second-order valence-corrected chi connectivity index (χ2v) is 4.12. The summed E-state index contributed by atoms with van der Waals surface area (Å²) in [5.74, 6) is 0.346. The van der Waals surface area contributed by atoms with E-state index in [4.69, 9.17) is 10.5 Å². The molecule has 0 spiro atoms. The fourth-order valence-electron chi connectivity index (χ4n) is 1.34. The summed E-state index contributed by atoms with van der Waals surface area (Å²) in [6, 6.07) is 9.52. The molecule has 2 N–H and O–H groups in total. The van der Waals surface area contributed by atoms with Crippen molar-refractivity contribution in [2.45, 2.75) is 0 Å². The molecule has 1 aromatic carbocycles. The first kappa shape index (κ1) is 10.9. The predicted molar refractivity (Wildman–Crippen MR) is 66.1 cm³/mol. The lowest BCUT2D eigenvalue weighted by atomic mass is 10.1. The minimum absolute atomic E-state index is 0.346.